The first kappa shape index (κ1) is 13.0. The molecule has 1 aromatic carbocycles. The quantitative estimate of drug-likeness (QED) is 0.818. The van der Waals surface area contributed by atoms with Crippen molar-refractivity contribution in [3.63, 3.8) is 0 Å². The van der Waals surface area contributed by atoms with E-state index < -0.39 is 0 Å². The van der Waals surface area contributed by atoms with Gasteiger partial charge >= 0.3 is 0 Å². The lowest BCUT2D eigenvalue weighted by Gasteiger charge is -2.09. The van der Waals surface area contributed by atoms with Crippen molar-refractivity contribution in [1.82, 2.24) is 5.32 Å². The molecule has 1 aromatic rings. The molecule has 0 aliphatic rings. The molecule has 0 radical (unpaired) electrons. The number of alkyl halides is 1. The second-order valence-electron chi connectivity index (χ2n) is 3.64. The number of benzene rings is 1. The maximum atomic E-state index is 11.7. The summed E-state index contributed by atoms with van der Waals surface area (Å²) >= 11 is 3.50. The average Bonchev–Trinajstić information content (AvgIpc) is 2.27. The average molecular weight is 286 g/mol. The van der Waals surface area contributed by atoms with Crippen molar-refractivity contribution >= 4 is 21.8 Å². The van der Waals surface area contributed by atoms with Crippen LogP contribution in [0, 0.1) is 0 Å². The number of amides is 1. The molecule has 0 aliphatic heterocycles. The Morgan fingerprint density at radius 1 is 1.44 bits per heavy atom. The molecule has 0 saturated carbocycles. The third kappa shape index (κ3) is 4.23. The van der Waals surface area contributed by atoms with Gasteiger partial charge in [0.05, 0.1) is 0 Å². The van der Waals surface area contributed by atoms with Crippen LogP contribution in [0.5, 0.6) is 5.75 Å². The highest BCUT2D eigenvalue weighted by atomic mass is 79.9. The lowest BCUT2D eigenvalue weighted by molar-refractivity contribution is 0.0953. The predicted molar refractivity (Wildman–Crippen MR) is 68.1 cm³/mol. The largest absolute Gasteiger partial charge is 0.508 e. The number of hydrogen-bond acceptors (Lipinski definition) is 2. The van der Waals surface area contributed by atoms with Crippen molar-refractivity contribution < 1.29 is 9.90 Å². The number of nitrogens with one attached hydrogen (secondary N) is 1. The van der Waals surface area contributed by atoms with Gasteiger partial charge < -0.3 is 10.4 Å². The fourth-order valence-corrected chi connectivity index (χ4v) is 1.95. The van der Waals surface area contributed by atoms with E-state index in [9.17, 15) is 4.79 Å². The van der Waals surface area contributed by atoms with Gasteiger partial charge in [0, 0.05) is 16.9 Å². The van der Waals surface area contributed by atoms with E-state index in [4.69, 9.17) is 5.11 Å². The minimum atomic E-state index is -0.111. The van der Waals surface area contributed by atoms with Crippen LogP contribution in [0.15, 0.2) is 24.3 Å². The van der Waals surface area contributed by atoms with Crippen LogP contribution in [0.25, 0.3) is 0 Å². The number of phenolic OH excluding ortho intramolecular Hbond substituents is 1. The van der Waals surface area contributed by atoms with E-state index in [-0.39, 0.29) is 11.7 Å². The van der Waals surface area contributed by atoms with Crippen molar-refractivity contribution in [2.45, 2.75) is 24.6 Å². The van der Waals surface area contributed by atoms with Crippen molar-refractivity contribution in [3.05, 3.63) is 29.8 Å². The van der Waals surface area contributed by atoms with Gasteiger partial charge in [-0.3, -0.25) is 4.79 Å². The Balaban J connectivity index is 2.43. The van der Waals surface area contributed by atoms with Crippen LogP contribution in [0.1, 0.15) is 30.1 Å². The Morgan fingerprint density at radius 2 is 2.06 bits per heavy atom. The predicted octanol–water partition coefficient (Wildman–Crippen LogP) is 2.69. The topological polar surface area (TPSA) is 49.3 Å². The van der Waals surface area contributed by atoms with Gasteiger partial charge in [0.1, 0.15) is 5.75 Å². The van der Waals surface area contributed by atoms with E-state index in [0.29, 0.717) is 16.9 Å². The molecule has 2 N–H and O–H groups in total. The van der Waals surface area contributed by atoms with Gasteiger partial charge in [-0.2, -0.15) is 0 Å². The van der Waals surface area contributed by atoms with Crippen LogP contribution < -0.4 is 5.32 Å². The summed E-state index contributed by atoms with van der Waals surface area (Å²) in [6.45, 7) is 2.73. The summed E-state index contributed by atoms with van der Waals surface area (Å²) in [5.74, 6) is 0.0569. The number of halogens is 1. The third-order valence-electron chi connectivity index (χ3n) is 2.22. The van der Waals surface area contributed by atoms with Gasteiger partial charge in [-0.05, 0) is 30.7 Å². The van der Waals surface area contributed by atoms with Gasteiger partial charge in [0.15, 0.2) is 0 Å². The Bertz CT molecular complexity index is 337. The van der Waals surface area contributed by atoms with E-state index in [1.807, 2.05) is 0 Å². The molecule has 0 aliphatic carbocycles. The highest BCUT2D eigenvalue weighted by molar-refractivity contribution is 9.09. The first-order chi connectivity index (χ1) is 7.63. The van der Waals surface area contributed by atoms with Gasteiger partial charge in [0.2, 0.25) is 0 Å². The number of phenols is 1. The lowest BCUT2D eigenvalue weighted by Crippen LogP contribution is -2.29. The SMILES string of the molecule is CCCC(Br)CNC(=O)c1ccc(O)cc1. The molecule has 1 rings (SSSR count). The lowest BCUT2D eigenvalue weighted by atomic mass is 10.2. The molecule has 4 heteroatoms. The van der Waals surface area contributed by atoms with Crippen LogP contribution in [0.2, 0.25) is 0 Å². The molecule has 3 nitrogen and oxygen atoms in total. The number of carbonyl (C=O) groups is 1. The second kappa shape index (κ2) is 6.53. The van der Waals surface area contributed by atoms with E-state index in [1.54, 1.807) is 12.1 Å². The van der Waals surface area contributed by atoms with Crippen LogP contribution in [0.4, 0.5) is 0 Å². The summed E-state index contributed by atoms with van der Waals surface area (Å²) in [4.78, 5) is 12.0. The van der Waals surface area contributed by atoms with E-state index in [0.717, 1.165) is 12.8 Å². The van der Waals surface area contributed by atoms with Crippen LogP contribution in [-0.4, -0.2) is 22.4 Å². The molecule has 0 heterocycles. The summed E-state index contributed by atoms with van der Waals surface area (Å²) < 4.78 is 0. The van der Waals surface area contributed by atoms with Crippen molar-refractivity contribution in [2.75, 3.05) is 6.54 Å². The zero-order valence-electron chi connectivity index (χ0n) is 9.24. The highest BCUT2D eigenvalue weighted by Gasteiger charge is 2.07. The Morgan fingerprint density at radius 3 is 2.62 bits per heavy atom. The molecule has 1 atom stereocenters. The molecule has 0 saturated heterocycles. The van der Waals surface area contributed by atoms with Crippen LogP contribution in [0.3, 0.4) is 0 Å². The first-order valence-electron chi connectivity index (χ1n) is 5.34. The molecule has 0 aromatic heterocycles. The standard InChI is InChI=1S/C12H16BrNO2/c1-2-3-10(13)8-14-12(16)9-4-6-11(15)7-5-9/h4-7,10,15H,2-3,8H2,1H3,(H,14,16). The second-order valence-corrected chi connectivity index (χ2v) is 4.94. The minimum absolute atomic E-state index is 0.111. The smallest absolute Gasteiger partial charge is 0.251 e. The molecule has 1 amide bonds. The van der Waals surface area contributed by atoms with Crippen molar-refractivity contribution in [2.24, 2.45) is 0 Å². The zero-order valence-corrected chi connectivity index (χ0v) is 10.8. The summed E-state index contributed by atoms with van der Waals surface area (Å²) in [6.07, 6.45) is 2.13. The Hall–Kier alpha value is -1.03. The molecular weight excluding hydrogens is 270 g/mol. The fourth-order valence-electron chi connectivity index (χ4n) is 1.33. The number of rotatable bonds is 5. The van der Waals surface area contributed by atoms with E-state index >= 15 is 0 Å². The zero-order chi connectivity index (χ0) is 12.0. The minimum Gasteiger partial charge on any atom is -0.508 e. The monoisotopic (exact) mass is 285 g/mol. The molecule has 16 heavy (non-hydrogen) atoms. The molecule has 0 fully saturated rings. The fraction of sp³-hybridized carbons (Fsp3) is 0.417. The summed E-state index contributed by atoms with van der Waals surface area (Å²) in [5.41, 5.74) is 0.564. The maximum absolute atomic E-state index is 11.7. The van der Waals surface area contributed by atoms with Gasteiger partial charge in [-0.25, -0.2) is 0 Å². The Labute approximate surface area is 104 Å². The van der Waals surface area contributed by atoms with Crippen LogP contribution in [-0.2, 0) is 0 Å². The van der Waals surface area contributed by atoms with E-state index in [2.05, 4.69) is 28.2 Å². The molecule has 0 bridgehead atoms. The third-order valence-corrected chi connectivity index (χ3v) is 3.00. The van der Waals surface area contributed by atoms with Gasteiger partial charge in [0.25, 0.3) is 5.91 Å². The highest BCUT2D eigenvalue weighted by Crippen LogP contribution is 2.10. The number of aromatic hydroxyl groups is 1. The van der Waals surface area contributed by atoms with E-state index in [1.165, 1.54) is 12.1 Å². The molecule has 0 spiro atoms. The summed E-state index contributed by atoms with van der Waals surface area (Å²) in [7, 11) is 0. The maximum Gasteiger partial charge on any atom is 0.251 e. The number of carbonyl (C=O) groups excluding carboxylic acids is 1. The molecular formula is C12H16BrNO2. The van der Waals surface area contributed by atoms with Crippen molar-refractivity contribution in [1.29, 1.82) is 0 Å². The summed E-state index contributed by atoms with van der Waals surface area (Å²) in [6, 6.07) is 6.22. The van der Waals surface area contributed by atoms with Gasteiger partial charge in [-0.15, -0.1) is 0 Å². The Kier molecular flexibility index (Phi) is 5.32. The first-order valence-corrected chi connectivity index (χ1v) is 6.26. The van der Waals surface area contributed by atoms with Crippen molar-refractivity contribution in [3.8, 4) is 5.75 Å². The van der Waals surface area contributed by atoms with Gasteiger partial charge in [-0.1, -0.05) is 29.3 Å². The molecule has 1 unspecified atom stereocenters. The normalized spacial score (nSPS) is 12.1. The van der Waals surface area contributed by atoms with Crippen LogP contribution >= 0.6 is 15.9 Å². The summed E-state index contributed by atoms with van der Waals surface area (Å²) in [5, 5.41) is 11.9. The molecule has 88 valence electrons. The number of hydrogen-bond donors (Lipinski definition) is 2.